The molecule has 0 atom stereocenters. The predicted molar refractivity (Wildman–Crippen MR) is 101 cm³/mol. The lowest BCUT2D eigenvalue weighted by molar-refractivity contribution is -0.384. The molecular formula is C17H17ClN2O4S. The number of hydrogen-bond acceptors (Lipinski definition) is 5. The highest BCUT2D eigenvalue weighted by molar-refractivity contribution is 7.99. The Morgan fingerprint density at radius 3 is 2.60 bits per heavy atom. The van der Waals surface area contributed by atoms with Crippen LogP contribution in [0, 0.1) is 17.0 Å². The van der Waals surface area contributed by atoms with E-state index in [9.17, 15) is 14.9 Å². The quantitative estimate of drug-likeness (QED) is 0.567. The average Bonchev–Trinajstić information content (AvgIpc) is 2.58. The van der Waals surface area contributed by atoms with Crippen molar-refractivity contribution in [1.82, 2.24) is 0 Å². The number of hydrogen-bond donors (Lipinski definition) is 1. The minimum atomic E-state index is -0.439. The summed E-state index contributed by atoms with van der Waals surface area (Å²) in [7, 11) is 1.51. The zero-order valence-corrected chi connectivity index (χ0v) is 15.3. The van der Waals surface area contributed by atoms with Gasteiger partial charge in [0.25, 0.3) is 5.69 Å². The molecule has 0 aliphatic carbocycles. The van der Waals surface area contributed by atoms with Crippen molar-refractivity contribution >= 4 is 40.6 Å². The van der Waals surface area contributed by atoms with Crippen LogP contribution in [-0.4, -0.2) is 23.7 Å². The molecule has 0 aliphatic heterocycles. The standard InChI is InChI=1S/C17H17ClN2O4S/c1-11-7-15(16(24-2)8-14(11)18)19-17(21)10-25-9-12-3-5-13(6-4-12)20(22)23/h3-8H,9-10H2,1-2H3,(H,19,21). The number of thioether (sulfide) groups is 1. The summed E-state index contributed by atoms with van der Waals surface area (Å²) in [6, 6.07) is 9.72. The molecule has 0 saturated heterocycles. The van der Waals surface area contributed by atoms with Crippen LogP contribution in [0.4, 0.5) is 11.4 Å². The topological polar surface area (TPSA) is 81.5 Å². The molecule has 0 heterocycles. The number of aryl methyl sites for hydroxylation is 1. The summed E-state index contributed by atoms with van der Waals surface area (Å²) in [5.74, 6) is 1.18. The molecular weight excluding hydrogens is 364 g/mol. The summed E-state index contributed by atoms with van der Waals surface area (Å²) in [4.78, 5) is 22.3. The number of rotatable bonds is 7. The third-order valence-corrected chi connectivity index (χ3v) is 4.81. The Labute approximate surface area is 154 Å². The first-order valence-corrected chi connectivity index (χ1v) is 8.89. The number of amides is 1. The van der Waals surface area contributed by atoms with E-state index in [1.54, 1.807) is 24.3 Å². The second kappa shape index (κ2) is 8.73. The van der Waals surface area contributed by atoms with Gasteiger partial charge in [0.2, 0.25) is 5.91 Å². The zero-order chi connectivity index (χ0) is 18.4. The summed E-state index contributed by atoms with van der Waals surface area (Å²) in [5, 5.41) is 14.0. The number of halogens is 1. The largest absolute Gasteiger partial charge is 0.495 e. The normalized spacial score (nSPS) is 10.4. The van der Waals surface area contributed by atoms with Crippen LogP contribution < -0.4 is 10.1 Å². The van der Waals surface area contributed by atoms with Gasteiger partial charge in [-0.05, 0) is 24.1 Å². The molecule has 6 nitrogen and oxygen atoms in total. The van der Waals surface area contributed by atoms with Crippen molar-refractivity contribution in [3.8, 4) is 5.75 Å². The first kappa shape index (κ1) is 19.1. The third kappa shape index (κ3) is 5.37. The van der Waals surface area contributed by atoms with E-state index in [1.165, 1.54) is 31.0 Å². The van der Waals surface area contributed by atoms with Gasteiger partial charge in [-0.1, -0.05) is 23.7 Å². The summed E-state index contributed by atoms with van der Waals surface area (Å²) < 4.78 is 5.23. The Bertz CT molecular complexity index is 781. The fourth-order valence-electron chi connectivity index (χ4n) is 2.09. The van der Waals surface area contributed by atoms with Crippen molar-refractivity contribution in [2.24, 2.45) is 0 Å². The first-order chi connectivity index (χ1) is 11.9. The van der Waals surface area contributed by atoms with Crippen molar-refractivity contribution in [2.75, 3.05) is 18.2 Å². The maximum Gasteiger partial charge on any atom is 0.269 e. The maximum atomic E-state index is 12.1. The van der Waals surface area contributed by atoms with Gasteiger partial charge < -0.3 is 10.1 Å². The van der Waals surface area contributed by atoms with Crippen LogP contribution >= 0.6 is 23.4 Å². The van der Waals surface area contributed by atoms with Crippen molar-refractivity contribution in [1.29, 1.82) is 0 Å². The van der Waals surface area contributed by atoms with Crippen molar-refractivity contribution < 1.29 is 14.5 Å². The number of benzene rings is 2. The predicted octanol–water partition coefficient (Wildman–Crippen LogP) is 4.44. The Balaban J connectivity index is 1.89. The molecule has 0 aliphatic rings. The molecule has 2 rings (SSSR count). The molecule has 8 heteroatoms. The molecule has 1 N–H and O–H groups in total. The fourth-order valence-corrected chi connectivity index (χ4v) is 3.03. The number of non-ortho nitro benzene ring substituents is 1. The van der Waals surface area contributed by atoms with Gasteiger partial charge in [0, 0.05) is 29.0 Å². The van der Waals surface area contributed by atoms with Gasteiger partial charge >= 0.3 is 0 Å². The van der Waals surface area contributed by atoms with Crippen LogP contribution in [0.5, 0.6) is 5.75 Å². The highest BCUT2D eigenvalue weighted by Crippen LogP contribution is 2.31. The second-order valence-electron chi connectivity index (χ2n) is 5.27. The van der Waals surface area contributed by atoms with Gasteiger partial charge in [-0.3, -0.25) is 14.9 Å². The summed E-state index contributed by atoms with van der Waals surface area (Å²) >= 11 is 7.46. The van der Waals surface area contributed by atoms with Crippen molar-refractivity contribution in [3.05, 3.63) is 62.7 Å². The third-order valence-electron chi connectivity index (χ3n) is 3.40. The van der Waals surface area contributed by atoms with E-state index in [2.05, 4.69) is 5.32 Å². The lowest BCUT2D eigenvalue weighted by atomic mass is 10.2. The molecule has 2 aromatic carbocycles. The van der Waals surface area contributed by atoms with E-state index >= 15 is 0 Å². The number of nitro benzene ring substituents is 1. The van der Waals surface area contributed by atoms with E-state index in [0.717, 1.165) is 11.1 Å². The molecule has 25 heavy (non-hydrogen) atoms. The Kier molecular flexibility index (Phi) is 6.66. The number of nitro groups is 1. The van der Waals surface area contributed by atoms with Gasteiger partial charge in [-0.2, -0.15) is 0 Å². The minimum Gasteiger partial charge on any atom is -0.495 e. The zero-order valence-electron chi connectivity index (χ0n) is 13.7. The van der Waals surface area contributed by atoms with Crippen molar-refractivity contribution in [3.63, 3.8) is 0 Å². The molecule has 0 radical (unpaired) electrons. The van der Waals surface area contributed by atoms with Gasteiger partial charge in [0.05, 0.1) is 23.5 Å². The molecule has 0 saturated carbocycles. The van der Waals surface area contributed by atoms with E-state index in [0.29, 0.717) is 22.2 Å². The number of methoxy groups -OCH3 is 1. The van der Waals surface area contributed by atoms with E-state index in [-0.39, 0.29) is 17.3 Å². The first-order valence-electron chi connectivity index (χ1n) is 7.35. The van der Waals surface area contributed by atoms with E-state index < -0.39 is 4.92 Å². The molecule has 1 amide bonds. The summed E-state index contributed by atoms with van der Waals surface area (Å²) in [6.07, 6.45) is 0. The van der Waals surface area contributed by atoms with Gasteiger partial charge in [0.15, 0.2) is 0 Å². The summed E-state index contributed by atoms with van der Waals surface area (Å²) in [5.41, 5.74) is 2.39. The number of carbonyl (C=O) groups excluding carboxylic acids is 1. The van der Waals surface area contributed by atoms with E-state index in [1.807, 2.05) is 6.92 Å². The number of anilines is 1. The van der Waals surface area contributed by atoms with Crippen LogP contribution in [0.1, 0.15) is 11.1 Å². The fraction of sp³-hybridized carbons (Fsp3) is 0.235. The summed E-state index contributed by atoms with van der Waals surface area (Å²) in [6.45, 7) is 1.85. The van der Waals surface area contributed by atoms with Crippen molar-refractivity contribution in [2.45, 2.75) is 12.7 Å². The monoisotopic (exact) mass is 380 g/mol. The smallest absolute Gasteiger partial charge is 0.269 e. The number of ether oxygens (including phenoxy) is 1. The minimum absolute atomic E-state index is 0.0525. The Morgan fingerprint density at radius 1 is 1.32 bits per heavy atom. The van der Waals surface area contributed by atoms with Gasteiger partial charge in [0.1, 0.15) is 5.75 Å². The van der Waals surface area contributed by atoms with E-state index in [4.69, 9.17) is 16.3 Å². The molecule has 0 aromatic heterocycles. The molecule has 0 spiro atoms. The number of nitrogens with one attached hydrogen (secondary N) is 1. The Morgan fingerprint density at radius 2 is 2.00 bits per heavy atom. The average molecular weight is 381 g/mol. The lowest BCUT2D eigenvalue weighted by Gasteiger charge is -2.12. The van der Waals surface area contributed by atoms with Crippen LogP contribution in [0.3, 0.4) is 0 Å². The van der Waals surface area contributed by atoms with Gasteiger partial charge in [-0.25, -0.2) is 0 Å². The maximum absolute atomic E-state index is 12.1. The van der Waals surface area contributed by atoms with Crippen LogP contribution in [0.15, 0.2) is 36.4 Å². The lowest BCUT2D eigenvalue weighted by Crippen LogP contribution is -2.15. The van der Waals surface area contributed by atoms with Crippen LogP contribution in [0.25, 0.3) is 0 Å². The Hall–Kier alpha value is -2.25. The number of nitrogens with zero attached hydrogens (tertiary/aromatic N) is 1. The highest BCUT2D eigenvalue weighted by atomic mass is 35.5. The molecule has 0 bridgehead atoms. The highest BCUT2D eigenvalue weighted by Gasteiger charge is 2.11. The molecule has 2 aromatic rings. The number of carbonyl (C=O) groups is 1. The SMILES string of the molecule is COc1cc(Cl)c(C)cc1NC(=O)CSCc1ccc([N+](=O)[O-])cc1. The van der Waals surface area contributed by atoms with Crippen LogP contribution in [0.2, 0.25) is 5.02 Å². The van der Waals surface area contributed by atoms with Gasteiger partial charge in [-0.15, -0.1) is 11.8 Å². The molecule has 132 valence electrons. The second-order valence-corrected chi connectivity index (χ2v) is 6.66. The molecule has 0 fully saturated rings. The van der Waals surface area contributed by atoms with Crippen LogP contribution in [-0.2, 0) is 10.5 Å². The molecule has 0 unspecified atom stereocenters.